The number of carbonyl (C=O) groups is 1. The summed E-state index contributed by atoms with van der Waals surface area (Å²) in [6.45, 7) is 2.35. The van der Waals surface area contributed by atoms with Gasteiger partial charge in [0.2, 0.25) is 5.91 Å². The van der Waals surface area contributed by atoms with Gasteiger partial charge in [-0.15, -0.1) is 24.0 Å². The van der Waals surface area contributed by atoms with E-state index in [2.05, 4.69) is 52.0 Å². The molecule has 1 heterocycles. The number of guanidine groups is 1. The summed E-state index contributed by atoms with van der Waals surface area (Å²) in [6.07, 6.45) is 8.22. The highest BCUT2D eigenvalue weighted by molar-refractivity contribution is 14.0. The predicted molar refractivity (Wildman–Crippen MR) is 112 cm³/mol. The van der Waals surface area contributed by atoms with Crippen LogP contribution < -0.4 is 10.6 Å². The summed E-state index contributed by atoms with van der Waals surface area (Å²) in [4.78, 5) is 17.9. The Morgan fingerprint density at radius 1 is 1.20 bits per heavy atom. The Hall–Kier alpha value is -1.57. The topological polar surface area (TPSA) is 56.7 Å². The number of halogens is 1. The van der Waals surface area contributed by atoms with E-state index in [0.717, 1.165) is 44.9 Å². The summed E-state index contributed by atoms with van der Waals surface area (Å²) in [7, 11) is 1.80. The second-order valence-corrected chi connectivity index (χ2v) is 6.45. The van der Waals surface area contributed by atoms with E-state index in [-0.39, 0.29) is 29.9 Å². The fourth-order valence-corrected chi connectivity index (χ4v) is 3.16. The van der Waals surface area contributed by atoms with E-state index in [0.29, 0.717) is 12.5 Å². The Labute approximate surface area is 167 Å². The quantitative estimate of drug-likeness (QED) is 0.312. The molecule has 2 aliphatic rings. The van der Waals surface area contributed by atoms with E-state index in [1.807, 2.05) is 4.90 Å². The molecule has 1 aromatic rings. The summed E-state index contributed by atoms with van der Waals surface area (Å²) in [5.74, 6) is 1.12. The van der Waals surface area contributed by atoms with E-state index in [4.69, 9.17) is 0 Å². The van der Waals surface area contributed by atoms with Crippen LogP contribution >= 0.6 is 24.0 Å². The summed E-state index contributed by atoms with van der Waals surface area (Å²) in [5, 5.41) is 6.79. The normalized spacial score (nSPS) is 17.7. The molecule has 1 saturated heterocycles. The average Bonchev–Trinajstić information content (AvgIpc) is 3.25. The molecule has 0 bridgehead atoms. The van der Waals surface area contributed by atoms with Gasteiger partial charge in [0, 0.05) is 39.1 Å². The molecule has 1 aliphatic carbocycles. The molecule has 25 heavy (non-hydrogen) atoms. The number of amides is 1. The van der Waals surface area contributed by atoms with Crippen LogP contribution in [0.4, 0.5) is 0 Å². The number of carbonyl (C=O) groups excluding carboxylic acids is 1. The molecular formula is C19H27IN4O. The van der Waals surface area contributed by atoms with Crippen molar-refractivity contribution in [1.29, 1.82) is 0 Å². The highest BCUT2D eigenvalue weighted by Crippen LogP contribution is 2.15. The highest BCUT2D eigenvalue weighted by Gasteiger charge is 2.19. The maximum Gasteiger partial charge on any atom is 0.222 e. The lowest BCUT2D eigenvalue weighted by molar-refractivity contribution is -0.128. The van der Waals surface area contributed by atoms with Crippen molar-refractivity contribution in [2.24, 2.45) is 4.99 Å². The lowest BCUT2D eigenvalue weighted by atomic mass is 10.1. The van der Waals surface area contributed by atoms with Gasteiger partial charge in [0.15, 0.2) is 5.96 Å². The minimum Gasteiger partial charge on any atom is -0.353 e. The number of aliphatic imine (C=N–C) groups is 1. The first-order chi connectivity index (χ1) is 11.7. The standard InChI is InChI=1S/C19H26N4O.HI/c1-20-19(22-17-5-2-3-6-17)21-13-15-8-10-16(11-9-15)14-23-12-4-7-18(23)24;/h2-3,8-11,17H,4-7,12-14H2,1H3,(H2,20,21,22);1H. The van der Waals surface area contributed by atoms with Crippen LogP contribution in [0.2, 0.25) is 0 Å². The Bertz CT molecular complexity index is 619. The molecule has 1 aliphatic heterocycles. The lowest BCUT2D eigenvalue weighted by Gasteiger charge is -2.17. The van der Waals surface area contributed by atoms with E-state index in [1.165, 1.54) is 11.1 Å². The molecule has 0 aromatic heterocycles. The summed E-state index contributed by atoms with van der Waals surface area (Å²) >= 11 is 0. The van der Waals surface area contributed by atoms with Gasteiger partial charge in [-0.25, -0.2) is 0 Å². The largest absolute Gasteiger partial charge is 0.353 e. The number of rotatable bonds is 5. The van der Waals surface area contributed by atoms with Crippen molar-refractivity contribution in [2.45, 2.75) is 44.8 Å². The number of likely N-dealkylation sites (tertiary alicyclic amines) is 1. The fraction of sp³-hybridized carbons (Fsp3) is 0.474. The van der Waals surface area contributed by atoms with Gasteiger partial charge in [-0.2, -0.15) is 0 Å². The third kappa shape index (κ3) is 5.73. The minimum atomic E-state index is 0. The minimum absolute atomic E-state index is 0. The molecule has 0 atom stereocenters. The zero-order chi connectivity index (χ0) is 16.8. The Morgan fingerprint density at radius 2 is 1.88 bits per heavy atom. The van der Waals surface area contributed by atoms with Gasteiger partial charge in [-0.3, -0.25) is 9.79 Å². The van der Waals surface area contributed by atoms with Crippen molar-refractivity contribution in [1.82, 2.24) is 15.5 Å². The van der Waals surface area contributed by atoms with Crippen molar-refractivity contribution in [3.05, 3.63) is 47.5 Å². The van der Waals surface area contributed by atoms with Crippen LogP contribution in [0.25, 0.3) is 0 Å². The van der Waals surface area contributed by atoms with Crippen molar-refractivity contribution in [3.63, 3.8) is 0 Å². The zero-order valence-electron chi connectivity index (χ0n) is 14.7. The molecule has 136 valence electrons. The van der Waals surface area contributed by atoms with Crippen molar-refractivity contribution < 1.29 is 4.79 Å². The van der Waals surface area contributed by atoms with Gasteiger partial charge < -0.3 is 15.5 Å². The number of hydrogen-bond donors (Lipinski definition) is 2. The first-order valence-corrected chi connectivity index (χ1v) is 8.72. The summed E-state index contributed by atoms with van der Waals surface area (Å²) < 4.78 is 0. The lowest BCUT2D eigenvalue weighted by Crippen LogP contribution is -2.42. The molecule has 1 amide bonds. The van der Waals surface area contributed by atoms with Gasteiger partial charge >= 0.3 is 0 Å². The Kier molecular flexibility index (Phi) is 7.74. The number of hydrogen-bond acceptors (Lipinski definition) is 2. The SMILES string of the molecule is CN=C(NCc1ccc(CN2CCCC2=O)cc1)NC1CC=CC1.I. The second kappa shape index (κ2) is 9.79. The number of nitrogens with zero attached hydrogens (tertiary/aromatic N) is 2. The molecule has 1 aromatic carbocycles. The zero-order valence-corrected chi connectivity index (χ0v) is 17.0. The van der Waals surface area contributed by atoms with Crippen molar-refractivity contribution in [3.8, 4) is 0 Å². The number of nitrogens with one attached hydrogen (secondary N) is 2. The smallest absolute Gasteiger partial charge is 0.222 e. The van der Waals surface area contributed by atoms with Crippen LogP contribution in [0.1, 0.15) is 36.8 Å². The average molecular weight is 454 g/mol. The third-order valence-corrected chi connectivity index (χ3v) is 4.60. The molecule has 0 radical (unpaired) electrons. The monoisotopic (exact) mass is 454 g/mol. The van der Waals surface area contributed by atoms with Gasteiger partial charge in [-0.1, -0.05) is 36.4 Å². The van der Waals surface area contributed by atoms with Crippen LogP contribution in [-0.4, -0.2) is 36.4 Å². The summed E-state index contributed by atoms with van der Waals surface area (Å²) in [5.41, 5.74) is 2.40. The number of benzene rings is 1. The first kappa shape index (κ1) is 19.8. The van der Waals surface area contributed by atoms with Gasteiger partial charge in [-0.05, 0) is 30.4 Å². The summed E-state index contributed by atoms with van der Waals surface area (Å²) in [6, 6.07) is 8.91. The second-order valence-electron chi connectivity index (χ2n) is 6.45. The first-order valence-electron chi connectivity index (χ1n) is 8.72. The maximum atomic E-state index is 11.7. The van der Waals surface area contributed by atoms with Gasteiger partial charge in [0.1, 0.15) is 0 Å². The molecule has 5 nitrogen and oxygen atoms in total. The van der Waals surface area contributed by atoms with Crippen molar-refractivity contribution >= 4 is 35.8 Å². The van der Waals surface area contributed by atoms with Gasteiger partial charge in [0.05, 0.1) is 0 Å². The van der Waals surface area contributed by atoms with E-state index >= 15 is 0 Å². The molecule has 1 fully saturated rings. The molecule has 0 spiro atoms. The molecule has 0 unspecified atom stereocenters. The van der Waals surface area contributed by atoms with Crippen molar-refractivity contribution in [2.75, 3.05) is 13.6 Å². The maximum absolute atomic E-state index is 11.7. The van der Waals surface area contributed by atoms with Crippen LogP contribution in [0.15, 0.2) is 41.4 Å². The molecule has 2 N–H and O–H groups in total. The Balaban J connectivity index is 0.00000225. The van der Waals surface area contributed by atoms with E-state index in [1.54, 1.807) is 7.05 Å². The molecule has 3 rings (SSSR count). The predicted octanol–water partition coefficient (Wildman–Crippen LogP) is 2.81. The van der Waals surface area contributed by atoms with E-state index < -0.39 is 0 Å². The molecule has 6 heteroatoms. The van der Waals surface area contributed by atoms with Crippen LogP contribution in [0, 0.1) is 0 Å². The van der Waals surface area contributed by atoms with Crippen LogP contribution in [0.5, 0.6) is 0 Å². The van der Waals surface area contributed by atoms with Gasteiger partial charge in [0.25, 0.3) is 0 Å². The van der Waals surface area contributed by atoms with E-state index in [9.17, 15) is 4.79 Å². The fourth-order valence-electron chi connectivity index (χ4n) is 3.16. The Morgan fingerprint density at radius 3 is 2.48 bits per heavy atom. The molecular weight excluding hydrogens is 427 g/mol. The highest BCUT2D eigenvalue weighted by atomic mass is 127. The van der Waals surface area contributed by atoms with Crippen LogP contribution in [0.3, 0.4) is 0 Å². The van der Waals surface area contributed by atoms with Crippen LogP contribution in [-0.2, 0) is 17.9 Å². The molecule has 0 saturated carbocycles. The third-order valence-electron chi connectivity index (χ3n) is 4.60.